The van der Waals surface area contributed by atoms with E-state index in [1.165, 1.54) is 6.07 Å². The van der Waals surface area contributed by atoms with E-state index in [0.29, 0.717) is 0 Å². The van der Waals surface area contributed by atoms with Crippen molar-refractivity contribution < 1.29 is 4.92 Å². The van der Waals surface area contributed by atoms with Gasteiger partial charge >= 0.3 is 0 Å². The van der Waals surface area contributed by atoms with Crippen molar-refractivity contribution in [3.8, 4) is 0 Å². The quantitative estimate of drug-likeness (QED) is 0.349. The number of non-ortho nitro benzene ring substituents is 1. The third-order valence-corrected chi connectivity index (χ3v) is 1.95. The number of rotatable bonds is 5. The first-order valence-corrected chi connectivity index (χ1v) is 4.74. The number of nitrogens with one attached hydrogen (secondary N) is 1. The fraction of sp³-hybridized carbons (Fsp3) is 0.273. The summed E-state index contributed by atoms with van der Waals surface area (Å²) in [5, 5.41) is 13.7. The molecule has 0 aliphatic rings. The van der Waals surface area contributed by atoms with Crippen LogP contribution in [0.2, 0.25) is 0 Å². The van der Waals surface area contributed by atoms with Crippen molar-refractivity contribution in [2.45, 2.75) is 13.3 Å². The second-order valence-electron chi connectivity index (χ2n) is 3.32. The van der Waals surface area contributed by atoms with Crippen LogP contribution in [0.5, 0.6) is 0 Å². The van der Waals surface area contributed by atoms with Crippen LogP contribution in [0.15, 0.2) is 30.9 Å². The number of nitro groups is 1. The van der Waals surface area contributed by atoms with E-state index in [-0.39, 0.29) is 10.6 Å². The van der Waals surface area contributed by atoms with Crippen LogP contribution in [0.25, 0.3) is 0 Å². The smallest absolute Gasteiger partial charge is 0.271 e. The van der Waals surface area contributed by atoms with E-state index >= 15 is 0 Å². The summed E-state index contributed by atoms with van der Waals surface area (Å²) in [6, 6.07) is 4.98. The number of anilines is 1. The Labute approximate surface area is 88.8 Å². The highest BCUT2D eigenvalue weighted by Crippen LogP contribution is 2.20. The van der Waals surface area contributed by atoms with E-state index in [0.717, 1.165) is 24.2 Å². The molecule has 0 radical (unpaired) electrons. The van der Waals surface area contributed by atoms with Crippen molar-refractivity contribution in [1.82, 2.24) is 0 Å². The summed E-state index contributed by atoms with van der Waals surface area (Å²) in [6.07, 6.45) is 2.64. The highest BCUT2D eigenvalue weighted by atomic mass is 16.6. The number of nitro benzene ring substituents is 1. The van der Waals surface area contributed by atoms with E-state index in [4.69, 9.17) is 0 Å². The molecule has 0 amide bonds. The summed E-state index contributed by atoms with van der Waals surface area (Å²) in [4.78, 5) is 10.2. The summed E-state index contributed by atoms with van der Waals surface area (Å²) in [7, 11) is 0. The molecule has 4 nitrogen and oxygen atoms in total. The maximum Gasteiger partial charge on any atom is 0.271 e. The first-order chi connectivity index (χ1) is 7.13. The van der Waals surface area contributed by atoms with Crippen molar-refractivity contribution >= 4 is 11.4 Å². The van der Waals surface area contributed by atoms with Crippen LogP contribution in [0.1, 0.15) is 12.0 Å². The Morgan fingerprint density at radius 1 is 1.53 bits per heavy atom. The number of hydrogen-bond acceptors (Lipinski definition) is 3. The van der Waals surface area contributed by atoms with Crippen molar-refractivity contribution in [1.29, 1.82) is 0 Å². The molecular weight excluding hydrogens is 192 g/mol. The second-order valence-corrected chi connectivity index (χ2v) is 3.32. The molecule has 0 unspecified atom stereocenters. The standard InChI is InChI=1S/C11H14N2O2/c1-3-4-5-12-10-6-9(2)7-11(8-10)13(14)15/h3,6-8,12H,1,4-5H2,2H3. The predicted molar refractivity (Wildman–Crippen MR) is 61.1 cm³/mol. The molecule has 0 aliphatic carbocycles. The highest BCUT2D eigenvalue weighted by Gasteiger charge is 2.07. The van der Waals surface area contributed by atoms with Gasteiger partial charge in [0.15, 0.2) is 0 Å². The van der Waals surface area contributed by atoms with Gasteiger partial charge in [0.25, 0.3) is 5.69 Å². The van der Waals surface area contributed by atoms with E-state index < -0.39 is 0 Å². The second kappa shape index (κ2) is 5.14. The average molecular weight is 206 g/mol. The third-order valence-electron chi connectivity index (χ3n) is 1.95. The maximum absolute atomic E-state index is 10.6. The van der Waals surface area contributed by atoms with Gasteiger partial charge in [-0.2, -0.15) is 0 Å². The average Bonchev–Trinajstić information content (AvgIpc) is 2.17. The van der Waals surface area contributed by atoms with Crippen LogP contribution in [0.4, 0.5) is 11.4 Å². The van der Waals surface area contributed by atoms with E-state index in [1.807, 2.05) is 13.0 Å². The molecule has 0 spiro atoms. The number of hydrogen-bond donors (Lipinski definition) is 1. The van der Waals surface area contributed by atoms with Crippen LogP contribution < -0.4 is 5.32 Å². The molecule has 1 N–H and O–H groups in total. The zero-order valence-electron chi connectivity index (χ0n) is 8.69. The molecule has 0 saturated carbocycles. The zero-order chi connectivity index (χ0) is 11.3. The molecule has 0 aromatic heterocycles. The van der Waals surface area contributed by atoms with Gasteiger partial charge in [0.1, 0.15) is 0 Å². The SMILES string of the molecule is C=CCCNc1cc(C)cc([N+](=O)[O-])c1. The van der Waals surface area contributed by atoms with E-state index in [1.54, 1.807) is 12.1 Å². The lowest BCUT2D eigenvalue weighted by Gasteiger charge is -2.05. The lowest BCUT2D eigenvalue weighted by molar-refractivity contribution is -0.384. The van der Waals surface area contributed by atoms with Crippen LogP contribution >= 0.6 is 0 Å². The Kier molecular flexibility index (Phi) is 3.85. The Balaban J connectivity index is 2.79. The van der Waals surface area contributed by atoms with Crippen molar-refractivity contribution in [2.75, 3.05) is 11.9 Å². The van der Waals surface area contributed by atoms with Crippen LogP contribution in [-0.4, -0.2) is 11.5 Å². The molecule has 15 heavy (non-hydrogen) atoms. The van der Waals surface area contributed by atoms with Gasteiger partial charge in [0.2, 0.25) is 0 Å². The fourth-order valence-electron chi connectivity index (χ4n) is 1.29. The molecule has 0 heterocycles. The molecule has 1 aromatic rings. The predicted octanol–water partition coefficient (Wildman–Crippen LogP) is 2.89. The molecule has 0 aliphatic heterocycles. The van der Waals surface area contributed by atoms with Gasteiger partial charge in [0.05, 0.1) is 4.92 Å². The van der Waals surface area contributed by atoms with Gasteiger partial charge in [-0.15, -0.1) is 6.58 Å². The molecule has 0 atom stereocenters. The molecule has 1 rings (SSSR count). The molecule has 4 heteroatoms. The summed E-state index contributed by atoms with van der Waals surface area (Å²) in [5.74, 6) is 0. The first-order valence-electron chi connectivity index (χ1n) is 4.74. The molecule has 0 bridgehead atoms. The Bertz CT molecular complexity index is 375. The highest BCUT2D eigenvalue weighted by molar-refractivity contribution is 5.53. The number of aryl methyl sites for hydroxylation is 1. The molecule has 0 saturated heterocycles. The Morgan fingerprint density at radius 3 is 2.87 bits per heavy atom. The van der Waals surface area contributed by atoms with E-state index in [9.17, 15) is 10.1 Å². The third kappa shape index (κ3) is 3.42. The minimum atomic E-state index is -0.383. The Hall–Kier alpha value is -1.84. The minimum absolute atomic E-state index is 0.121. The number of benzene rings is 1. The molecule has 0 fully saturated rings. The lowest BCUT2D eigenvalue weighted by atomic mass is 10.2. The number of nitrogens with zero attached hydrogens (tertiary/aromatic N) is 1. The van der Waals surface area contributed by atoms with Crippen molar-refractivity contribution in [2.24, 2.45) is 0 Å². The normalized spacial score (nSPS) is 9.67. The van der Waals surface area contributed by atoms with Gasteiger partial charge in [-0.1, -0.05) is 6.08 Å². The molecular formula is C11H14N2O2. The summed E-state index contributed by atoms with van der Waals surface area (Å²) < 4.78 is 0. The van der Waals surface area contributed by atoms with Gasteiger partial charge < -0.3 is 5.32 Å². The van der Waals surface area contributed by atoms with Crippen LogP contribution in [0.3, 0.4) is 0 Å². The summed E-state index contributed by atoms with van der Waals surface area (Å²) >= 11 is 0. The minimum Gasteiger partial charge on any atom is -0.385 e. The van der Waals surface area contributed by atoms with Crippen LogP contribution in [-0.2, 0) is 0 Å². The van der Waals surface area contributed by atoms with Crippen molar-refractivity contribution in [3.63, 3.8) is 0 Å². The van der Waals surface area contributed by atoms with E-state index in [2.05, 4.69) is 11.9 Å². The lowest BCUT2D eigenvalue weighted by Crippen LogP contribution is -2.01. The van der Waals surface area contributed by atoms with Gasteiger partial charge in [-0.3, -0.25) is 10.1 Å². The monoisotopic (exact) mass is 206 g/mol. The van der Waals surface area contributed by atoms with Gasteiger partial charge in [-0.05, 0) is 25.0 Å². The molecule has 80 valence electrons. The zero-order valence-corrected chi connectivity index (χ0v) is 8.69. The topological polar surface area (TPSA) is 55.2 Å². The Morgan fingerprint density at radius 2 is 2.27 bits per heavy atom. The first kappa shape index (κ1) is 11.2. The van der Waals surface area contributed by atoms with Crippen molar-refractivity contribution in [3.05, 3.63) is 46.5 Å². The maximum atomic E-state index is 10.6. The molecule has 1 aromatic carbocycles. The summed E-state index contributed by atoms with van der Waals surface area (Å²) in [5.41, 5.74) is 1.78. The van der Waals surface area contributed by atoms with Crippen LogP contribution in [0, 0.1) is 17.0 Å². The fourth-order valence-corrected chi connectivity index (χ4v) is 1.29. The summed E-state index contributed by atoms with van der Waals surface area (Å²) in [6.45, 7) is 6.19. The van der Waals surface area contributed by atoms with Gasteiger partial charge in [0, 0.05) is 24.4 Å². The largest absolute Gasteiger partial charge is 0.385 e. The van der Waals surface area contributed by atoms with Gasteiger partial charge in [-0.25, -0.2) is 0 Å².